The van der Waals surface area contributed by atoms with Gasteiger partial charge in [-0.15, -0.1) is 0 Å². The summed E-state index contributed by atoms with van der Waals surface area (Å²) in [5, 5.41) is 12.5. The molecule has 2 rings (SSSR count). The molecule has 4 heteroatoms. The molecule has 0 aromatic heterocycles. The summed E-state index contributed by atoms with van der Waals surface area (Å²) in [6.07, 6.45) is 5.74. The zero-order valence-electron chi connectivity index (χ0n) is 9.69. The van der Waals surface area contributed by atoms with Crippen molar-refractivity contribution in [3.05, 3.63) is 11.6 Å². The standard InChI is InChI=1S/C12H17NO3/c1-8-3-5-9(6-4-8)12(2)7-10(11(14)15)13-16-12/h3,9H,4-7H2,1-2H3,(H,14,15)/t9-,12+/m0/s1. The van der Waals surface area contributed by atoms with Crippen molar-refractivity contribution in [2.24, 2.45) is 11.1 Å². The van der Waals surface area contributed by atoms with E-state index in [-0.39, 0.29) is 5.71 Å². The molecule has 1 N–H and O–H groups in total. The Hall–Kier alpha value is -1.32. The average Bonchev–Trinajstić information content (AvgIpc) is 2.63. The van der Waals surface area contributed by atoms with Gasteiger partial charge in [-0.3, -0.25) is 0 Å². The Bertz CT molecular complexity index is 372. The van der Waals surface area contributed by atoms with Gasteiger partial charge in [-0.1, -0.05) is 16.8 Å². The molecule has 16 heavy (non-hydrogen) atoms. The average molecular weight is 223 g/mol. The van der Waals surface area contributed by atoms with E-state index >= 15 is 0 Å². The second-order valence-electron chi connectivity index (χ2n) is 4.95. The Balaban J connectivity index is 2.04. The van der Waals surface area contributed by atoms with Crippen molar-refractivity contribution in [1.82, 2.24) is 0 Å². The zero-order valence-corrected chi connectivity index (χ0v) is 9.69. The molecule has 2 aliphatic rings. The molecule has 1 aliphatic heterocycles. The second-order valence-corrected chi connectivity index (χ2v) is 4.95. The highest BCUT2D eigenvalue weighted by atomic mass is 16.7. The summed E-state index contributed by atoms with van der Waals surface area (Å²) in [4.78, 5) is 16.2. The third-order valence-electron chi connectivity index (χ3n) is 3.63. The van der Waals surface area contributed by atoms with Gasteiger partial charge in [-0.05, 0) is 33.1 Å². The molecule has 0 saturated carbocycles. The highest BCUT2D eigenvalue weighted by molar-refractivity contribution is 6.36. The molecule has 2 atom stereocenters. The van der Waals surface area contributed by atoms with E-state index in [1.165, 1.54) is 5.57 Å². The molecular formula is C12H17NO3. The van der Waals surface area contributed by atoms with Crippen LogP contribution in [0.4, 0.5) is 0 Å². The monoisotopic (exact) mass is 223 g/mol. The predicted molar refractivity (Wildman–Crippen MR) is 60.3 cm³/mol. The fourth-order valence-electron chi connectivity index (χ4n) is 2.41. The summed E-state index contributed by atoms with van der Waals surface area (Å²) in [6.45, 7) is 4.10. The van der Waals surface area contributed by atoms with Crippen LogP contribution >= 0.6 is 0 Å². The van der Waals surface area contributed by atoms with Crippen molar-refractivity contribution in [2.45, 2.75) is 45.1 Å². The molecule has 1 heterocycles. The molecule has 0 saturated heterocycles. The third kappa shape index (κ3) is 1.96. The molecule has 0 radical (unpaired) electrons. The summed E-state index contributed by atoms with van der Waals surface area (Å²) >= 11 is 0. The summed E-state index contributed by atoms with van der Waals surface area (Å²) in [7, 11) is 0. The van der Waals surface area contributed by atoms with Gasteiger partial charge in [0.25, 0.3) is 0 Å². The van der Waals surface area contributed by atoms with Gasteiger partial charge in [0.15, 0.2) is 5.71 Å². The Morgan fingerprint density at radius 1 is 1.69 bits per heavy atom. The number of aliphatic carboxylic acids is 1. The molecule has 4 nitrogen and oxygen atoms in total. The number of nitrogens with zero attached hydrogens (tertiary/aromatic N) is 1. The predicted octanol–water partition coefficient (Wildman–Crippen LogP) is 2.35. The molecule has 0 amide bonds. The smallest absolute Gasteiger partial charge is 0.353 e. The van der Waals surface area contributed by atoms with Crippen molar-refractivity contribution in [3.8, 4) is 0 Å². The van der Waals surface area contributed by atoms with Crippen molar-refractivity contribution in [1.29, 1.82) is 0 Å². The second kappa shape index (κ2) is 3.92. The van der Waals surface area contributed by atoms with Gasteiger partial charge in [-0.2, -0.15) is 0 Å². The molecule has 0 bridgehead atoms. The first-order chi connectivity index (χ1) is 7.51. The quantitative estimate of drug-likeness (QED) is 0.731. The van der Waals surface area contributed by atoms with Crippen molar-refractivity contribution in [2.75, 3.05) is 0 Å². The highest BCUT2D eigenvalue weighted by Crippen LogP contribution is 2.39. The van der Waals surface area contributed by atoms with Crippen LogP contribution in [0.2, 0.25) is 0 Å². The molecule has 0 spiro atoms. The summed E-state index contributed by atoms with van der Waals surface area (Å²) < 4.78 is 0. The van der Waals surface area contributed by atoms with Crippen LogP contribution in [0.1, 0.15) is 39.5 Å². The van der Waals surface area contributed by atoms with Crippen molar-refractivity contribution in [3.63, 3.8) is 0 Å². The van der Waals surface area contributed by atoms with E-state index in [4.69, 9.17) is 9.94 Å². The van der Waals surface area contributed by atoms with E-state index in [0.29, 0.717) is 12.3 Å². The lowest BCUT2D eigenvalue weighted by Gasteiger charge is -2.33. The normalized spacial score (nSPS) is 34.0. The van der Waals surface area contributed by atoms with E-state index in [1.807, 2.05) is 6.92 Å². The third-order valence-corrected chi connectivity index (χ3v) is 3.63. The van der Waals surface area contributed by atoms with E-state index < -0.39 is 11.6 Å². The fraction of sp³-hybridized carbons (Fsp3) is 0.667. The number of allylic oxidation sites excluding steroid dienone is 2. The summed E-state index contributed by atoms with van der Waals surface area (Å²) in [6, 6.07) is 0. The number of carbonyl (C=O) groups is 1. The Labute approximate surface area is 95.0 Å². The lowest BCUT2D eigenvalue weighted by molar-refractivity contribution is -0.129. The van der Waals surface area contributed by atoms with Crippen LogP contribution in [0.15, 0.2) is 16.8 Å². The molecule has 0 aromatic rings. The Morgan fingerprint density at radius 2 is 2.44 bits per heavy atom. The highest BCUT2D eigenvalue weighted by Gasteiger charge is 2.43. The van der Waals surface area contributed by atoms with Crippen LogP contribution in [0.3, 0.4) is 0 Å². The maximum Gasteiger partial charge on any atom is 0.353 e. The number of carboxylic acids is 1. The molecule has 0 unspecified atom stereocenters. The molecule has 0 aromatic carbocycles. The SMILES string of the molecule is CC1=CC[C@H]([C@@]2(C)CC(C(=O)O)=NO2)CC1. The minimum absolute atomic E-state index is 0.147. The Morgan fingerprint density at radius 3 is 2.94 bits per heavy atom. The number of oxime groups is 1. The fourth-order valence-corrected chi connectivity index (χ4v) is 2.41. The van der Waals surface area contributed by atoms with Gasteiger partial charge >= 0.3 is 5.97 Å². The van der Waals surface area contributed by atoms with E-state index in [9.17, 15) is 4.79 Å². The first-order valence-electron chi connectivity index (χ1n) is 5.65. The number of hydrogen-bond donors (Lipinski definition) is 1. The molecule has 88 valence electrons. The maximum atomic E-state index is 10.8. The van der Waals surface area contributed by atoms with Gasteiger partial charge in [0.1, 0.15) is 5.60 Å². The minimum atomic E-state index is -0.966. The lowest BCUT2D eigenvalue weighted by Crippen LogP contribution is -2.36. The van der Waals surface area contributed by atoms with Gasteiger partial charge < -0.3 is 9.94 Å². The van der Waals surface area contributed by atoms with Gasteiger partial charge in [-0.25, -0.2) is 4.79 Å². The molecule has 0 fully saturated rings. The largest absolute Gasteiger partial charge is 0.477 e. The van der Waals surface area contributed by atoms with Crippen LogP contribution in [0.5, 0.6) is 0 Å². The van der Waals surface area contributed by atoms with Crippen LogP contribution in [0, 0.1) is 5.92 Å². The summed E-state index contributed by atoms with van der Waals surface area (Å²) in [5.74, 6) is -0.594. The van der Waals surface area contributed by atoms with Crippen LogP contribution < -0.4 is 0 Å². The van der Waals surface area contributed by atoms with Crippen molar-refractivity contribution < 1.29 is 14.7 Å². The Kier molecular flexibility index (Phi) is 2.74. The lowest BCUT2D eigenvalue weighted by atomic mass is 9.76. The first kappa shape index (κ1) is 11.2. The van der Waals surface area contributed by atoms with E-state index in [2.05, 4.69) is 18.2 Å². The van der Waals surface area contributed by atoms with Crippen molar-refractivity contribution >= 4 is 11.7 Å². The summed E-state index contributed by atoms with van der Waals surface area (Å²) in [5.41, 5.74) is 1.14. The maximum absolute atomic E-state index is 10.8. The van der Waals surface area contributed by atoms with Crippen LogP contribution in [-0.2, 0) is 9.63 Å². The number of rotatable bonds is 2. The van der Waals surface area contributed by atoms with Gasteiger partial charge in [0.05, 0.1) is 0 Å². The topological polar surface area (TPSA) is 58.9 Å². The van der Waals surface area contributed by atoms with Crippen LogP contribution in [0.25, 0.3) is 0 Å². The van der Waals surface area contributed by atoms with E-state index in [0.717, 1.165) is 19.3 Å². The minimum Gasteiger partial charge on any atom is -0.477 e. The molecule has 1 aliphatic carbocycles. The van der Waals surface area contributed by atoms with E-state index in [1.54, 1.807) is 0 Å². The van der Waals surface area contributed by atoms with Gasteiger partial charge in [0, 0.05) is 12.3 Å². The number of carboxylic acid groups (broad SMARTS) is 1. The number of hydrogen-bond acceptors (Lipinski definition) is 3. The zero-order chi connectivity index (χ0) is 11.8. The van der Waals surface area contributed by atoms with Crippen LogP contribution in [-0.4, -0.2) is 22.4 Å². The van der Waals surface area contributed by atoms with Gasteiger partial charge in [0.2, 0.25) is 0 Å². The molecular weight excluding hydrogens is 206 g/mol. The first-order valence-corrected chi connectivity index (χ1v) is 5.65.